The fourth-order valence-corrected chi connectivity index (χ4v) is 2.27. The van der Waals surface area contributed by atoms with E-state index in [0.29, 0.717) is 6.54 Å². The molecule has 0 spiro atoms. The number of nitrogens with one attached hydrogen (secondary N) is 1. The van der Waals surface area contributed by atoms with E-state index in [1.807, 2.05) is 46.1 Å². The molecule has 0 amide bonds. The maximum Gasteiger partial charge on any atom is 0.119 e. The van der Waals surface area contributed by atoms with Gasteiger partial charge in [-0.2, -0.15) is 5.10 Å². The predicted octanol–water partition coefficient (Wildman–Crippen LogP) is 2.20. The summed E-state index contributed by atoms with van der Waals surface area (Å²) < 4.78 is 7.39. The molecule has 1 aromatic heterocycles. The van der Waals surface area contributed by atoms with Gasteiger partial charge in [0.05, 0.1) is 11.4 Å². The van der Waals surface area contributed by atoms with Crippen LogP contribution in [-0.4, -0.2) is 34.1 Å². The van der Waals surface area contributed by atoms with Crippen molar-refractivity contribution in [2.75, 3.05) is 18.5 Å². The second kappa shape index (κ2) is 6.63. The van der Waals surface area contributed by atoms with Crippen molar-refractivity contribution in [2.24, 2.45) is 7.05 Å². The number of aliphatic hydroxyl groups excluding tert-OH is 1. The van der Waals surface area contributed by atoms with Crippen LogP contribution < -0.4 is 10.1 Å². The lowest BCUT2D eigenvalue weighted by Gasteiger charge is -2.14. The van der Waals surface area contributed by atoms with Crippen molar-refractivity contribution in [1.82, 2.24) is 9.78 Å². The average Bonchev–Trinajstić information content (AvgIpc) is 2.71. The van der Waals surface area contributed by atoms with Crippen molar-refractivity contribution in [2.45, 2.75) is 26.9 Å². The maximum atomic E-state index is 9.99. The van der Waals surface area contributed by atoms with Crippen molar-refractivity contribution < 1.29 is 9.84 Å². The SMILES string of the molecule is Cc1cc(C)cc(OCC(O)CNc2cn(C)nc2C)c1. The van der Waals surface area contributed by atoms with Gasteiger partial charge < -0.3 is 15.2 Å². The molecule has 0 saturated carbocycles. The minimum atomic E-state index is -0.578. The molecule has 0 aliphatic heterocycles. The highest BCUT2D eigenvalue weighted by Gasteiger charge is 2.08. The summed E-state index contributed by atoms with van der Waals surface area (Å²) in [4.78, 5) is 0. The number of aromatic nitrogens is 2. The Morgan fingerprint density at radius 3 is 2.48 bits per heavy atom. The lowest BCUT2D eigenvalue weighted by atomic mass is 10.1. The molecular weight excluding hydrogens is 266 g/mol. The summed E-state index contributed by atoms with van der Waals surface area (Å²) in [5, 5.41) is 17.4. The Morgan fingerprint density at radius 1 is 1.24 bits per heavy atom. The van der Waals surface area contributed by atoms with Crippen molar-refractivity contribution in [3.05, 3.63) is 41.2 Å². The molecule has 21 heavy (non-hydrogen) atoms. The van der Waals surface area contributed by atoms with E-state index in [-0.39, 0.29) is 6.61 Å². The van der Waals surface area contributed by atoms with Crippen molar-refractivity contribution >= 4 is 5.69 Å². The van der Waals surface area contributed by atoms with Gasteiger partial charge in [-0.05, 0) is 44.0 Å². The number of benzene rings is 1. The van der Waals surface area contributed by atoms with Crippen LogP contribution in [0.15, 0.2) is 24.4 Å². The molecular formula is C16H23N3O2. The zero-order chi connectivity index (χ0) is 15.4. The lowest BCUT2D eigenvalue weighted by Crippen LogP contribution is -2.26. The van der Waals surface area contributed by atoms with Gasteiger partial charge in [-0.25, -0.2) is 0 Å². The zero-order valence-corrected chi connectivity index (χ0v) is 13.1. The van der Waals surface area contributed by atoms with Gasteiger partial charge in [0.15, 0.2) is 0 Å². The number of ether oxygens (including phenoxy) is 1. The van der Waals surface area contributed by atoms with E-state index in [4.69, 9.17) is 4.74 Å². The standard InChI is InChI=1S/C16H23N3O2/c1-11-5-12(2)7-15(6-11)21-10-14(20)8-17-16-9-19(4)18-13(16)3/h5-7,9,14,17,20H,8,10H2,1-4H3. The molecule has 2 aromatic rings. The van der Waals surface area contributed by atoms with E-state index < -0.39 is 6.10 Å². The molecule has 114 valence electrons. The molecule has 5 nitrogen and oxygen atoms in total. The number of aryl methyl sites for hydroxylation is 4. The number of aliphatic hydroxyl groups is 1. The summed E-state index contributed by atoms with van der Waals surface area (Å²) >= 11 is 0. The normalized spacial score (nSPS) is 12.2. The zero-order valence-electron chi connectivity index (χ0n) is 13.1. The first kappa shape index (κ1) is 15.4. The van der Waals surface area contributed by atoms with Crippen molar-refractivity contribution in [1.29, 1.82) is 0 Å². The molecule has 2 rings (SSSR count). The van der Waals surface area contributed by atoms with Crippen LogP contribution in [0.1, 0.15) is 16.8 Å². The van der Waals surface area contributed by atoms with E-state index in [2.05, 4.69) is 16.5 Å². The highest BCUT2D eigenvalue weighted by atomic mass is 16.5. The Kier molecular flexibility index (Phi) is 4.85. The number of hydrogen-bond acceptors (Lipinski definition) is 4. The third-order valence-electron chi connectivity index (χ3n) is 3.18. The molecule has 0 aliphatic rings. The molecule has 0 radical (unpaired) electrons. The Morgan fingerprint density at radius 2 is 1.90 bits per heavy atom. The quantitative estimate of drug-likeness (QED) is 0.856. The largest absolute Gasteiger partial charge is 0.491 e. The molecule has 0 saturated heterocycles. The van der Waals surface area contributed by atoms with Gasteiger partial charge in [-0.3, -0.25) is 4.68 Å². The summed E-state index contributed by atoms with van der Waals surface area (Å²) in [5.74, 6) is 0.795. The molecule has 5 heteroatoms. The third-order valence-corrected chi connectivity index (χ3v) is 3.18. The van der Waals surface area contributed by atoms with Gasteiger partial charge in [-0.15, -0.1) is 0 Å². The molecule has 2 N–H and O–H groups in total. The third kappa shape index (κ3) is 4.49. The summed E-state index contributed by atoms with van der Waals surface area (Å²) in [6.07, 6.45) is 1.32. The van der Waals surface area contributed by atoms with E-state index in [9.17, 15) is 5.11 Å². The molecule has 0 fully saturated rings. The van der Waals surface area contributed by atoms with Gasteiger partial charge in [-0.1, -0.05) is 6.07 Å². The number of anilines is 1. The number of hydrogen-bond donors (Lipinski definition) is 2. The van der Waals surface area contributed by atoms with Crippen LogP contribution in [0.5, 0.6) is 5.75 Å². The fraction of sp³-hybridized carbons (Fsp3) is 0.438. The van der Waals surface area contributed by atoms with E-state index >= 15 is 0 Å². The molecule has 1 aromatic carbocycles. The lowest BCUT2D eigenvalue weighted by molar-refractivity contribution is 0.117. The predicted molar refractivity (Wildman–Crippen MR) is 83.9 cm³/mol. The van der Waals surface area contributed by atoms with E-state index in [1.165, 1.54) is 0 Å². The first-order valence-electron chi connectivity index (χ1n) is 7.07. The fourth-order valence-electron chi connectivity index (χ4n) is 2.27. The molecule has 1 atom stereocenters. The molecule has 0 aliphatic carbocycles. The van der Waals surface area contributed by atoms with Gasteiger partial charge in [0, 0.05) is 19.8 Å². The van der Waals surface area contributed by atoms with E-state index in [1.54, 1.807) is 4.68 Å². The Bertz CT molecular complexity index is 587. The minimum absolute atomic E-state index is 0.259. The summed E-state index contributed by atoms with van der Waals surface area (Å²) in [7, 11) is 1.87. The van der Waals surface area contributed by atoms with Crippen LogP contribution in [0.25, 0.3) is 0 Å². The first-order valence-corrected chi connectivity index (χ1v) is 7.07. The Hall–Kier alpha value is -2.01. The Balaban J connectivity index is 1.82. The first-order chi connectivity index (χ1) is 9.94. The maximum absolute atomic E-state index is 9.99. The smallest absolute Gasteiger partial charge is 0.119 e. The molecule has 1 unspecified atom stereocenters. The summed E-state index contributed by atoms with van der Waals surface area (Å²) in [6, 6.07) is 6.03. The summed E-state index contributed by atoms with van der Waals surface area (Å²) in [6.45, 7) is 6.68. The van der Waals surface area contributed by atoms with Crippen LogP contribution in [0.2, 0.25) is 0 Å². The van der Waals surface area contributed by atoms with Gasteiger partial charge in [0.25, 0.3) is 0 Å². The van der Waals surface area contributed by atoms with Crippen LogP contribution in [-0.2, 0) is 7.05 Å². The number of nitrogens with zero attached hydrogens (tertiary/aromatic N) is 2. The van der Waals surface area contributed by atoms with Gasteiger partial charge in [0.2, 0.25) is 0 Å². The van der Waals surface area contributed by atoms with Crippen LogP contribution in [0.4, 0.5) is 5.69 Å². The van der Waals surface area contributed by atoms with Crippen molar-refractivity contribution in [3.63, 3.8) is 0 Å². The number of rotatable bonds is 6. The van der Waals surface area contributed by atoms with Gasteiger partial charge in [0.1, 0.15) is 18.5 Å². The second-order valence-corrected chi connectivity index (χ2v) is 5.47. The summed E-state index contributed by atoms with van der Waals surface area (Å²) in [5.41, 5.74) is 4.16. The molecule has 0 bridgehead atoms. The van der Waals surface area contributed by atoms with Crippen LogP contribution in [0.3, 0.4) is 0 Å². The Labute approximate surface area is 125 Å². The monoisotopic (exact) mass is 289 g/mol. The van der Waals surface area contributed by atoms with Crippen LogP contribution in [0, 0.1) is 20.8 Å². The second-order valence-electron chi connectivity index (χ2n) is 5.47. The minimum Gasteiger partial charge on any atom is -0.491 e. The van der Waals surface area contributed by atoms with Crippen LogP contribution >= 0.6 is 0 Å². The molecule has 1 heterocycles. The van der Waals surface area contributed by atoms with Gasteiger partial charge >= 0.3 is 0 Å². The highest BCUT2D eigenvalue weighted by Crippen LogP contribution is 2.16. The highest BCUT2D eigenvalue weighted by molar-refractivity contribution is 5.45. The topological polar surface area (TPSA) is 59.3 Å². The van der Waals surface area contributed by atoms with E-state index in [0.717, 1.165) is 28.3 Å². The average molecular weight is 289 g/mol. The van der Waals surface area contributed by atoms with Crippen molar-refractivity contribution in [3.8, 4) is 5.75 Å².